The van der Waals surface area contributed by atoms with Gasteiger partial charge in [-0.05, 0) is 24.3 Å². The molecule has 0 bridgehead atoms. The highest BCUT2D eigenvalue weighted by atomic mass is 31.2. The van der Waals surface area contributed by atoms with Crippen LogP contribution in [0.5, 0.6) is 0 Å². The molecular weight excluding hydrogens is 337 g/mol. The van der Waals surface area contributed by atoms with Crippen LogP contribution in [0.1, 0.15) is 18.4 Å². The van der Waals surface area contributed by atoms with Gasteiger partial charge in [0.25, 0.3) is 0 Å². The summed E-state index contributed by atoms with van der Waals surface area (Å²) in [6.07, 6.45) is -0.777. The summed E-state index contributed by atoms with van der Waals surface area (Å²) in [6, 6.07) is 7.87. The summed E-state index contributed by atoms with van der Waals surface area (Å²) in [4.78, 5) is 42.8. The second-order valence-electron chi connectivity index (χ2n) is 5.83. The highest BCUT2D eigenvalue weighted by molar-refractivity contribution is 7.51. The molecule has 1 aromatic carbocycles. The molecule has 0 spiro atoms. The summed E-state index contributed by atoms with van der Waals surface area (Å²) in [7, 11) is -4.21. The number of likely N-dealkylation sites (tertiary alicyclic amines) is 1. The van der Waals surface area contributed by atoms with E-state index in [0.29, 0.717) is 6.42 Å². The molecule has 24 heavy (non-hydrogen) atoms. The number of hydrogen-bond acceptors (Lipinski definition) is 4. The lowest BCUT2D eigenvalue weighted by atomic mass is 9.92. The van der Waals surface area contributed by atoms with Crippen LogP contribution < -0.4 is 0 Å². The van der Waals surface area contributed by atoms with Gasteiger partial charge in [-0.15, -0.1) is 0 Å². The van der Waals surface area contributed by atoms with Crippen molar-refractivity contribution in [3.05, 3.63) is 35.9 Å². The van der Waals surface area contributed by atoms with Crippen molar-refractivity contribution in [3.8, 4) is 0 Å². The first kappa shape index (κ1) is 18.4. The minimum Gasteiger partial charge on any atom is -0.480 e. The van der Waals surface area contributed by atoms with Gasteiger partial charge in [0.15, 0.2) is 0 Å². The summed E-state index contributed by atoms with van der Waals surface area (Å²) in [6.45, 7) is 0.129. The molecule has 0 aliphatic carbocycles. The molecule has 8 nitrogen and oxygen atoms in total. The van der Waals surface area contributed by atoms with Crippen molar-refractivity contribution in [2.45, 2.75) is 25.5 Å². The standard InChI is InChI=1S/C15H20NO7P/c17-14(18)13-8-12(10-24(20,21)22)6-7-16(13)15(19)23-9-11-4-2-1-3-5-11/h1-5,12-13H,6-10H2,(H,17,18)(H2,20,21,22)/t12-,13+/m1/s1. The number of nitrogens with zero attached hydrogens (tertiary/aromatic N) is 1. The molecule has 0 radical (unpaired) electrons. The van der Waals surface area contributed by atoms with Crippen molar-refractivity contribution in [1.29, 1.82) is 0 Å². The van der Waals surface area contributed by atoms with E-state index in [1.807, 2.05) is 6.07 Å². The predicted octanol–water partition coefficient (Wildman–Crippen LogP) is 1.67. The van der Waals surface area contributed by atoms with Gasteiger partial charge in [0.1, 0.15) is 12.6 Å². The Labute approximate surface area is 139 Å². The molecule has 1 aromatic rings. The van der Waals surface area contributed by atoms with E-state index < -0.39 is 31.6 Å². The highest BCUT2D eigenvalue weighted by Gasteiger charge is 2.38. The molecule has 0 aromatic heterocycles. The molecule has 1 aliphatic heterocycles. The molecule has 0 unspecified atom stereocenters. The van der Waals surface area contributed by atoms with Crippen molar-refractivity contribution in [2.24, 2.45) is 5.92 Å². The summed E-state index contributed by atoms with van der Waals surface area (Å²) in [5.74, 6) is -1.65. The Morgan fingerprint density at radius 2 is 1.92 bits per heavy atom. The third kappa shape index (κ3) is 5.33. The second kappa shape index (κ2) is 7.79. The van der Waals surface area contributed by atoms with E-state index in [-0.39, 0.29) is 25.7 Å². The van der Waals surface area contributed by atoms with E-state index in [4.69, 9.17) is 14.5 Å². The molecule has 0 saturated carbocycles. The van der Waals surface area contributed by atoms with Gasteiger partial charge in [-0.1, -0.05) is 30.3 Å². The Morgan fingerprint density at radius 3 is 2.50 bits per heavy atom. The molecule has 1 saturated heterocycles. The van der Waals surface area contributed by atoms with Crippen LogP contribution in [-0.4, -0.2) is 50.6 Å². The van der Waals surface area contributed by atoms with Crippen LogP contribution in [0.25, 0.3) is 0 Å². The Hall–Kier alpha value is -1.89. The minimum atomic E-state index is -4.21. The van der Waals surface area contributed by atoms with E-state index in [2.05, 4.69) is 0 Å². The maximum absolute atomic E-state index is 12.2. The number of carbonyl (C=O) groups is 2. The first-order valence-electron chi connectivity index (χ1n) is 7.51. The summed E-state index contributed by atoms with van der Waals surface area (Å²) < 4.78 is 16.2. The Morgan fingerprint density at radius 1 is 1.25 bits per heavy atom. The lowest BCUT2D eigenvalue weighted by Gasteiger charge is -2.36. The largest absolute Gasteiger partial charge is 0.480 e. The molecule has 2 atom stereocenters. The second-order valence-corrected chi connectivity index (χ2v) is 7.52. The average Bonchev–Trinajstić information content (AvgIpc) is 2.52. The number of hydrogen-bond donors (Lipinski definition) is 3. The summed E-state index contributed by atoms with van der Waals surface area (Å²) in [5.41, 5.74) is 0.786. The molecule has 1 amide bonds. The normalized spacial score (nSPS) is 21.3. The van der Waals surface area contributed by atoms with Gasteiger partial charge in [-0.2, -0.15) is 0 Å². The van der Waals surface area contributed by atoms with Crippen LogP contribution in [0.2, 0.25) is 0 Å². The number of benzene rings is 1. The van der Waals surface area contributed by atoms with Crippen LogP contribution >= 0.6 is 7.60 Å². The Balaban J connectivity index is 1.97. The maximum Gasteiger partial charge on any atom is 0.410 e. The monoisotopic (exact) mass is 357 g/mol. The third-order valence-corrected chi connectivity index (χ3v) is 4.92. The van der Waals surface area contributed by atoms with Crippen LogP contribution in [0, 0.1) is 5.92 Å². The van der Waals surface area contributed by atoms with Crippen LogP contribution in [-0.2, 0) is 20.7 Å². The van der Waals surface area contributed by atoms with E-state index in [1.165, 1.54) is 0 Å². The fourth-order valence-corrected chi connectivity index (χ4v) is 3.80. The van der Waals surface area contributed by atoms with Gasteiger partial charge >= 0.3 is 19.7 Å². The third-order valence-electron chi connectivity index (χ3n) is 3.93. The Bertz CT molecular complexity index is 630. The molecule has 132 valence electrons. The molecule has 1 fully saturated rings. The number of rotatable bonds is 5. The zero-order valence-electron chi connectivity index (χ0n) is 12.9. The van der Waals surface area contributed by atoms with Gasteiger partial charge in [0.2, 0.25) is 0 Å². The number of ether oxygens (including phenoxy) is 1. The SMILES string of the molecule is O=C(O)[C@@H]1C[C@H](CP(=O)(O)O)CCN1C(=O)OCc1ccccc1. The first-order chi connectivity index (χ1) is 11.3. The molecule has 1 heterocycles. The molecule has 2 rings (SSSR count). The first-order valence-corrected chi connectivity index (χ1v) is 9.30. The molecular formula is C15H20NO7P. The van der Waals surface area contributed by atoms with E-state index >= 15 is 0 Å². The number of amides is 1. The zero-order valence-corrected chi connectivity index (χ0v) is 13.8. The summed E-state index contributed by atoms with van der Waals surface area (Å²) >= 11 is 0. The quantitative estimate of drug-likeness (QED) is 0.685. The minimum absolute atomic E-state index is 0.000873. The topological polar surface area (TPSA) is 124 Å². The summed E-state index contributed by atoms with van der Waals surface area (Å²) in [5, 5.41) is 9.32. The van der Waals surface area contributed by atoms with Crippen molar-refractivity contribution in [1.82, 2.24) is 4.90 Å². The number of carboxylic acids is 1. The fraction of sp³-hybridized carbons (Fsp3) is 0.467. The van der Waals surface area contributed by atoms with Crippen LogP contribution in [0.3, 0.4) is 0 Å². The van der Waals surface area contributed by atoms with E-state index in [1.54, 1.807) is 24.3 Å². The predicted molar refractivity (Wildman–Crippen MR) is 84.4 cm³/mol. The lowest BCUT2D eigenvalue weighted by Crippen LogP contribution is -2.50. The number of piperidine rings is 1. The molecule has 3 N–H and O–H groups in total. The highest BCUT2D eigenvalue weighted by Crippen LogP contribution is 2.40. The van der Waals surface area contributed by atoms with Gasteiger partial charge in [0, 0.05) is 6.54 Å². The van der Waals surface area contributed by atoms with Gasteiger partial charge in [-0.3, -0.25) is 9.46 Å². The lowest BCUT2D eigenvalue weighted by molar-refractivity contribution is -0.144. The van der Waals surface area contributed by atoms with E-state index in [0.717, 1.165) is 10.5 Å². The van der Waals surface area contributed by atoms with Gasteiger partial charge in [-0.25, -0.2) is 9.59 Å². The van der Waals surface area contributed by atoms with Crippen molar-refractivity contribution >= 4 is 19.7 Å². The van der Waals surface area contributed by atoms with Crippen molar-refractivity contribution in [2.75, 3.05) is 12.7 Å². The number of carboxylic acid groups (broad SMARTS) is 1. The maximum atomic E-state index is 12.2. The van der Waals surface area contributed by atoms with Crippen molar-refractivity contribution in [3.63, 3.8) is 0 Å². The van der Waals surface area contributed by atoms with Gasteiger partial charge < -0.3 is 19.6 Å². The zero-order chi connectivity index (χ0) is 17.7. The average molecular weight is 357 g/mol. The smallest absolute Gasteiger partial charge is 0.410 e. The Kier molecular flexibility index (Phi) is 5.99. The number of carbonyl (C=O) groups excluding carboxylic acids is 1. The van der Waals surface area contributed by atoms with Crippen molar-refractivity contribution < 1.29 is 33.8 Å². The number of aliphatic carboxylic acids is 1. The fourth-order valence-electron chi connectivity index (χ4n) is 2.80. The molecule has 1 aliphatic rings. The molecule has 9 heteroatoms. The van der Waals surface area contributed by atoms with Crippen LogP contribution in [0.4, 0.5) is 4.79 Å². The van der Waals surface area contributed by atoms with E-state index in [9.17, 15) is 19.3 Å². The van der Waals surface area contributed by atoms with Crippen LogP contribution in [0.15, 0.2) is 30.3 Å². The van der Waals surface area contributed by atoms with Gasteiger partial charge in [0.05, 0.1) is 6.16 Å².